The van der Waals surface area contributed by atoms with Gasteiger partial charge in [0.25, 0.3) is 5.69 Å². The number of halogens is 1. The number of hydrogen-bond acceptors (Lipinski definition) is 5. The van der Waals surface area contributed by atoms with Crippen LogP contribution in [-0.4, -0.2) is 9.91 Å². The fourth-order valence-corrected chi connectivity index (χ4v) is 2.28. The van der Waals surface area contributed by atoms with Gasteiger partial charge in [0.2, 0.25) is 0 Å². The van der Waals surface area contributed by atoms with Crippen molar-refractivity contribution in [2.75, 3.05) is 0 Å². The van der Waals surface area contributed by atoms with E-state index in [-0.39, 0.29) is 5.69 Å². The molecule has 0 aliphatic carbocycles. The molecule has 0 bridgehead atoms. The molecule has 1 N–H and O–H groups in total. The second-order valence-electron chi connectivity index (χ2n) is 3.60. The quantitative estimate of drug-likeness (QED) is 0.676. The molecule has 0 aliphatic rings. The number of nitro benzene ring substituents is 1. The molecule has 0 fully saturated rings. The third-order valence-electron chi connectivity index (χ3n) is 2.34. The van der Waals surface area contributed by atoms with Gasteiger partial charge in [-0.25, -0.2) is 0 Å². The van der Waals surface area contributed by atoms with Gasteiger partial charge >= 0.3 is 0 Å². The smallest absolute Gasteiger partial charge is 0.273 e. The molecule has 0 atom stereocenters. The Morgan fingerprint density at radius 2 is 2.28 bits per heavy atom. The van der Waals surface area contributed by atoms with Gasteiger partial charge in [-0.3, -0.25) is 15.1 Å². The minimum Gasteiger partial charge on any atom is -0.307 e. The van der Waals surface area contributed by atoms with E-state index in [2.05, 4.69) is 10.3 Å². The molecule has 2 aromatic rings. The molecule has 0 saturated heterocycles. The van der Waals surface area contributed by atoms with Crippen LogP contribution in [0.3, 0.4) is 0 Å². The molecule has 0 saturated carbocycles. The van der Waals surface area contributed by atoms with E-state index in [0.717, 1.165) is 4.88 Å². The summed E-state index contributed by atoms with van der Waals surface area (Å²) < 4.78 is 0. The monoisotopic (exact) mass is 283 g/mol. The first-order chi connectivity index (χ1) is 8.66. The Balaban J connectivity index is 2.03. The molecule has 0 aliphatic heterocycles. The SMILES string of the molecule is O=[N+]([O-])c1ccc(Cl)cc1CNCc1cncs1. The van der Waals surface area contributed by atoms with E-state index >= 15 is 0 Å². The highest BCUT2D eigenvalue weighted by Gasteiger charge is 2.13. The molecule has 0 amide bonds. The Labute approximate surface area is 113 Å². The Bertz CT molecular complexity index is 545. The second-order valence-corrected chi connectivity index (χ2v) is 5.01. The average molecular weight is 284 g/mol. The van der Waals surface area contributed by atoms with Gasteiger partial charge in [0.15, 0.2) is 0 Å². The van der Waals surface area contributed by atoms with Crippen LogP contribution >= 0.6 is 22.9 Å². The minimum atomic E-state index is -0.403. The van der Waals surface area contributed by atoms with Crippen LogP contribution in [0, 0.1) is 10.1 Å². The lowest BCUT2D eigenvalue weighted by Crippen LogP contribution is -2.13. The first-order valence-corrected chi connectivity index (χ1v) is 6.43. The summed E-state index contributed by atoms with van der Waals surface area (Å²) in [6, 6.07) is 4.55. The maximum absolute atomic E-state index is 10.9. The van der Waals surface area contributed by atoms with Gasteiger partial charge < -0.3 is 5.32 Å². The van der Waals surface area contributed by atoms with Crippen molar-refractivity contribution in [1.82, 2.24) is 10.3 Å². The number of nitrogens with one attached hydrogen (secondary N) is 1. The van der Waals surface area contributed by atoms with Crippen LogP contribution in [0.5, 0.6) is 0 Å². The standard InChI is InChI=1S/C11H10ClN3O2S/c12-9-1-2-11(15(16)17)8(3-9)4-13-5-10-6-14-7-18-10/h1-3,6-7,13H,4-5H2. The highest BCUT2D eigenvalue weighted by atomic mass is 35.5. The van der Waals surface area contributed by atoms with Crippen molar-refractivity contribution in [2.24, 2.45) is 0 Å². The minimum absolute atomic E-state index is 0.0798. The summed E-state index contributed by atoms with van der Waals surface area (Å²) in [5, 5.41) is 14.5. The summed E-state index contributed by atoms with van der Waals surface area (Å²) in [6.45, 7) is 1.03. The molecular formula is C11H10ClN3O2S. The van der Waals surface area contributed by atoms with Crippen molar-refractivity contribution in [3.05, 3.63) is 55.5 Å². The Hall–Kier alpha value is -1.50. The van der Waals surface area contributed by atoms with Crippen LogP contribution in [0.25, 0.3) is 0 Å². The van der Waals surface area contributed by atoms with E-state index in [4.69, 9.17) is 11.6 Å². The van der Waals surface area contributed by atoms with Gasteiger partial charge in [0.1, 0.15) is 0 Å². The summed E-state index contributed by atoms with van der Waals surface area (Å²) in [5.74, 6) is 0. The second kappa shape index (κ2) is 5.90. The lowest BCUT2D eigenvalue weighted by molar-refractivity contribution is -0.385. The van der Waals surface area contributed by atoms with E-state index in [1.165, 1.54) is 23.5 Å². The van der Waals surface area contributed by atoms with Gasteiger partial charge in [0, 0.05) is 40.8 Å². The predicted molar refractivity (Wildman–Crippen MR) is 70.8 cm³/mol. The van der Waals surface area contributed by atoms with Gasteiger partial charge in [-0.05, 0) is 12.1 Å². The van der Waals surface area contributed by atoms with Crippen molar-refractivity contribution in [1.29, 1.82) is 0 Å². The summed E-state index contributed by atoms with van der Waals surface area (Å²) >= 11 is 7.38. The topological polar surface area (TPSA) is 68.1 Å². The van der Waals surface area contributed by atoms with Crippen LogP contribution in [0.4, 0.5) is 5.69 Å². The van der Waals surface area contributed by atoms with Crippen molar-refractivity contribution < 1.29 is 4.92 Å². The zero-order valence-corrected chi connectivity index (χ0v) is 10.9. The lowest BCUT2D eigenvalue weighted by Gasteiger charge is -2.05. The first kappa shape index (κ1) is 12.9. The average Bonchev–Trinajstić information content (AvgIpc) is 2.82. The van der Waals surface area contributed by atoms with E-state index in [9.17, 15) is 10.1 Å². The van der Waals surface area contributed by atoms with Crippen LogP contribution in [0.2, 0.25) is 5.02 Å². The molecule has 0 radical (unpaired) electrons. The summed E-state index contributed by atoms with van der Waals surface area (Å²) in [4.78, 5) is 15.5. The van der Waals surface area contributed by atoms with Crippen LogP contribution in [0.15, 0.2) is 29.9 Å². The fourth-order valence-electron chi connectivity index (χ4n) is 1.52. The summed E-state index contributed by atoms with van der Waals surface area (Å²) in [7, 11) is 0. The number of nitro groups is 1. The zero-order valence-electron chi connectivity index (χ0n) is 9.30. The number of aromatic nitrogens is 1. The van der Waals surface area contributed by atoms with E-state index in [1.807, 2.05) is 0 Å². The van der Waals surface area contributed by atoms with Gasteiger partial charge in [-0.15, -0.1) is 11.3 Å². The van der Waals surface area contributed by atoms with Gasteiger partial charge in [-0.1, -0.05) is 11.6 Å². The molecule has 7 heteroatoms. The van der Waals surface area contributed by atoms with E-state index in [0.29, 0.717) is 23.7 Å². The van der Waals surface area contributed by atoms with Gasteiger partial charge in [-0.2, -0.15) is 0 Å². The molecule has 1 aromatic carbocycles. The molecule has 2 rings (SSSR count). The number of benzene rings is 1. The molecule has 1 aromatic heterocycles. The number of thiazole rings is 1. The molecule has 5 nitrogen and oxygen atoms in total. The van der Waals surface area contributed by atoms with Crippen molar-refractivity contribution in [3.8, 4) is 0 Å². The largest absolute Gasteiger partial charge is 0.307 e. The van der Waals surface area contributed by atoms with E-state index in [1.54, 1.807) is 17.8 Å². The molecule has 1 heterocycles. The zero-order chi connectivity index (χ0) is 13.0. The number of hydrogen-bond donors (Lipinski definition) is 1. The Kier molecular flexibility index (Phi) is 4.24. The normalized spacial score (nSPS) is 10.5. The number of nitrogens with zero attached hydrogens (tertiary/aromatic N) is 2. The predicted octanol–water partition coefficient (Wildman–Crippen LogP) is 2.99. The molecule has 0 unspecified atom stereocenters. The molecular weight excluding hydrogens is 274 g/mol. The van der Waals surface area contributed by atoms with Gasteiger partial charge in [0.05, 0.1) is 10.4 Å². The van der Waals surface area contributed by atoms with Crippen molar-refractivity contribution >= 4 is 28.6 Å². The first-order valence-electron chi connectivity index (χ1n) is 5.17. The van der Waals surface area contributed by atoms with Crippen LogP contribution in [0.1, 0.15) is 10.4 Å². The molecule has 94 valence electrons. The van der Waals surface area contributed by atoms with Crippen LogP contribution < -0.4 is 5.32 Å². The maximum Gasteiger partial charge on any atom is 0.273 e. The Morgan fingerprint density at radius 1 is 1.44 bits per heavy atom. The van der Waals surface area contributed by atoms with E-state index < -0.39 is 4.92 Å². The van der Waals surface area contributed by atoms with Crippen molar-refractivity contribution in [3.63, 3.8) is 0 Å². The van der Waals surface area contributed by atoms with Crippen LogP contribution in [-0.2, 0) is 13.1 Å². The highest BCUT2D eigenvalue weighted by Crippen LogP contribution is 2.22. The lowest BCUT2D eigenvalue weighted by atomic mass is 10.2. The maximum atomic E-state index is 10.9. The molecule has 18 heavy (non-hydrogen) atoms. The summed E-state index contributed by atoms with van der Waals surface area (Å²) in [5.41, 5.74) is 2.41. The fraction of sp³-hybridized carbons (Fsp3) is 0.182. The summed E-state index contributed by atoms with van der Waals surface area (Å²) in [6.07, 6.45) is 1.77. The highest BCUT2D eigenvalue weighted by molar-refractivity contribution is 7.09. The third kappa shape index (κ3) is 3.25. The Morgan fingerprint density at radius 3 is 2.94 bits per heavy atom. The third-order valence-corrected chi connectivity index (χ3v) is 3.35. The number of rotatable bonds is 5. The molecule has 0 spiro atoms. The van der Waals surface area contributed by atoms with Crippen molar-refractivity contribution in [2.45, 2.75) is 13.1 Å².